The Balaban J connectivity index is 2.02. The van der Waals surface area contributed by atoms with Crippen molar-refractivity contribution >= 4 is 11.4 Å². The average Bonchev–Trinajstić information content (AvgIpc) is 2.79. The lowest BCUT2D eigenvalue weighted by molar-refractivity contribution is 0.608. The zero-order valence-corrected chi connectivity index (χ0v) is 22.4. The van der Waals surface area contributed by atoms with Crippen LogP contribution in [0.1, 0.15) is 68.1 Å². The summed E-state index contributed by atoms with van der Waals surface area (Å²) in [4.78, 5) is 9.74. The fourth-order valence-electron chi connectivity index (χ4n) is 4.87. The van der Waals surface area contributed by atoms with Crippen LogP contribution >= 0.6 is 0 Å². The number of nitrogens with zero attached hydrogens (tertiary/aromatic N) is 5. The number of aromatic nitrogens is 3. The van der Waals surface area contributed by atoms with Gasteiger partial charge in [-0.1, -0.05) is 31.2 Å². The van der Waals surface area contributed by atoms with Crippen molar-refractivity contribution in [1.29, 1.82) is 0 Å². The van der Waals surface area contributed by atoms with E-state index in [1.165, 1.54) is 11.4 Å². The lowest BCUT2D eigenvalue weighted by atomic mass is 10.0. The van der Waals surface area contributed by atoms with Crippen molar-refractivity contribution < 1.29 is 0 Å². The molecule has 0 bridgehead atoms. The molecule has 1 aromatic heterocycles. The molecule has 0 saturated carbocycles. The van der Waals surface area contributed by atoms with Gasteiger partial charge in [0.2, 0.25) is 0 Å². The van der Waals surface area contributed by atoms with Crippen LogP contribution < -0.4 is 9.80 Å². The summed E-state index contributed by atoms with van der Waals surface area (Å²) in [6.07, 6.45) is 0.753. The third kappa shape index (κ3) is 5.57. The van der Waals surface area contributed by atoms with Gasteiger partial charge in [0.15, 0.2) is 5.82 Å². The number of aryl methyl sites for hydroxylation is 1. The average molecular weight is 460 g/mol. The number of rotatable bonds is 9. The van der Waals surface area contributed by atoms with Crippen molar-refractivity contribution in [1.82, 2.24) is 15.2 Å². The molecule has 0 spiro atoms. The molecule has 5 nitrogen and oxygen atoms in total. The van der Waals surface area contributed by atoms with E-state index in [2.05, 4.69) is 131 Å². The number of hydrogen-bond donors (Lipinski definition) is 0. The molecular formula is C29H41N5. The fraction of sp³-hybridized carbons (Fsp3) is 0.483. The van der Waals surface area contributed by atoms with Crippen LogP contribution in [-0.2, 0) is 6.42 Å². The van der Waals surface area contributed by atoms with Gasteiger partial charge in [-0.25, -0.2) is 4.98 Å². The summed E-state index contributed by atoms with van der Waals surface area (Å²) < 4.78 is 0. The van der Waals surface area contributed by atoms with E-state index < -0.39 is 0 Å². The van der Waals surface area contributed by atoms with E-state index in [0.717, 1.165) is 34.8 Å². The Bertz CT molecular complexity index is 1040. The molecule has 34 heavy (non-hydrogen) atoms. The molecule has 3 rings (SSSR count). The molecule has 0 amide bonds. The minimum Gasteiger partial charge on any atom is -0.367 e. The summed E-state index contributed by atoms with van der Waals surface area (Å²) in [5.41, 5.74) is 6.24. The summed E-state index contributed by atoms with van der Waals surface area (Å²) in [5, 5.41) is 9.00. The minimum absolute atomic E-state index is 0.432. The third-order valence-electron chi connectivity index (χ3n) is 6.15. The second-order valence-corrected chi connectivity index (χ2v) is 10.1. The first-order valence-corrected chi connectivity index (χ1v) is 12.6. The van der Waals surface area contributed by atoms with Gasteiger partial charge in [-0.15, -0.1) is 10.2 Å². The van der Waals surface area contributed by atoms with Gasteiger partial charge >= 0.3 is 0 Å². The molecule has 0 radical (unpaired) electrons. The van der Waals surface area contributed by atoms with Crippen molar-refractivity contribution in [3.05, 3.63) is 54.4 Å². The van der Waals surface area contributed by atoms with Crippen LogP contribution in [0.3, 0.4) is 0 Å². The highest BCUT2D eigenvalue weighted by atomic mass is 15.2. The summed E-state index contributed by atoms with van der Waals surface area (Å²) in [5.74, 6) is 0.760. The minimum atomic E-state index is 0.432. The highest BCUT2D eigenvalue weighted by Crippen LogP contribution is 2.32. The summed E-state index contributed by atoms with van der Waals surface area (Å²) in [6, 6.07) is 19.1. The van der Waals surface area contributed by atoms with E-state index in [0.29, 0.717) is 24.2 Å². The first-order chi connectivity index (χ1) is 16.1. The summed E-state index contributed by atoms with van der Waals surface area (Å²) >= 11 is 0. The second kappa shape index (κ2) is 11.0. The van der Waals surface area contributed by atoms with Gasteiger partial charge in [-0.2, -0.15) is 0 Å². The molecular weight excluding hydrogens is 418 g/mol. The Morgan fingerprint density at radius 2 is 0.941 bits per heavy atom. The van der Waals surface area contributed by atoms with Crippen LogP contribution in [0.25, 0.3) is 22.5 Å². The first kappa shape index (κ1) is 25.7. The smallest absolute Gasteiger partial charge is 0.151 e. The van der Waals surface area contributed by atoms with Crippen LogP contribution in [0.2, 0.25) is 0 Å². The maximum atomic E-state index is 4.90. The molecule has 1 heterocycles. The van der Waals surface area contributed by atoms with Gasteiger partial charge in [0, 0.05) is 53.1 Å². The maximum Gasteiger partial charge on any atom is 0.151 e. The lowest BCUT2D eigenvalue weighted by Gasteiger charge is -2.33. The largest absolute Gasteiger partial charge is 0.367 e. The Morgan fingerprint density at radius 3 is 1.29 bits per heavy atom. The van der Waals surface area contributed by atoms with Crippen molar-refractivity contribution in [2.45, 2.75) is 92.9 Å². The van der Waals surface area contributed by atoms with E-state index in [9.17, 15) is 0 Å². The lowest BCUT2D eigenvalue weighted by Crippen LogP contribution is -2.36. The predicted octanol–water partition coefficient (Wildman–Crippen LogP) is 7.01. The van der Waals surface area contributed by atoms with E-state index in [1.807, 2.05) is 0 Å². The fourth-order valence-corrected chi connectivity index (χ4v) is 4.87. The second-order valence-electron chi connectivity index (χ2n) is 10.1. The van der Waals surface area contributed by atoms with E-state index >= 15 is 0 Å². The van der Waals surface area contributed by atoms with E-state index in [-0.39, 0.29) is 0 Å². The third-order valence-corrected chi connectivity index (χ3v) is 6.15. The molecule has 3 aromatic rings. The van der Waals surface area contributed by atoms with Crippen molar-refractivity contribution in [3.63, 3.8) is 0 Å². The molecule has 5 heteroatoms. The molecule has 0 aliphatic rings. The van der Waals surface area contributed by atoms with Crippen LogP contribution in [-0.4, -0.2) is 39.3 Å². The van der Waals surface area contributed by atoms with Gasteiger partial charge in [-0.3, -0.25) is 0 Å². The van der Waals surface area contributed by atoms with Gasteiger partial charge in [0.25, 0.3) is 0 Å². The number of benzene rings is 2. The van der Waals surface area contributed by atoms with Gasteiger partial charge in [-0.05, 0) is 79.7 Å². The molecule has 0 N–H and O–H groups in total. The van der Waals surface area contributed by atoms with Crippen LogP contribution in [0.4, 0.5) is 11.4 Å². The van der Waals surface area contributed by atoms with Gasteiger partial charge in [0.1, 0.15) is 11.4 Å². The first-order valence-electron chi connectivity index (χ1n) is 12.6. The standard InChI is InChI=1S/C29H41N5/c1-10-27-30-28(23-11-15-25(16-12-23)33(19(2)3)20(4)5)29(32-31-27)24-13-17-26(18-14-24)34(21(6)7)22(8)9/h11-22H,10H2,1-9H3. The molecule has 0 saturated heterocycles. The highest BCUT2D eigenvalue weighted by Gasteiger charge is 2.18. The topological polar surface area (TPSA) is 45.2 Å². The Labute approximate surface area is 206 Å². The molecule has 0 atom stereocenters. The number of anilines is 2. The molecule has 0 fully saturated rings. The Kier molecular flexibility index (Phi) is 8.29. The van der Waals surface area contributed by atoms with Crippen molar-refractivity contribution in [2.24, 2.45) is 0 Å². The summed E-state index contributed by atoms with van der Waals surface area (Å²) in [6.45, 7) is 19.9. The summed E-state index contributed by atoms with van der Waals surface area (Å²) in [7, 11) is 0. The molecule has 2 aromatic carbocycles. The monoisotopic (exact) mass is 459 g/mol. The van der Waals surface area contributed by atoms with Gasteiger partial charge < -0.3 is 9.80 Å². The molecule has 0 aliphatic carbocycles. The molecule has 0 unspecified atom stereocenters. The van der Waals surface area contributed by atoms with Crippen LogP contribution in [0.15, 0.2) is 48.5 Å². The predicted molar refractivity (Wildman–Crippen MR) is 146 cm³/mol. The van der Waals surface area contributed by atoms with Crippen LogP contribution in [0, 0.1) is 0 Å². The van der Waals surface area contributed by atoms with Crippen molar-refractivity contribution in [3.8, 4) is 22.5 Å². The SMILES string of the molecule is CCc1nnc(-c2ccc(N(C(C)C)C(C)C)cc2)c(-c2ccc(N(C(C)C)C(C)C)cc2)n1. The highest BCUT2D eigenvalue weighted by molar-refractivity contribution is 5.79. The quantitative estimate of drug-likeness (QED) is 0.344. The van der Waals surface area contributed by atoms with E-state index in [1.54, 1.807) is 0 Å². The normalized spacial score (nSPS) is 11.7. The van der Waals surface area contributed by atoms with Gasteiger partial charge in [0.05, 0.1) is 0 Å². The Morgan fingerprint density at radius 1 is 0.559 bits per heavy atom. The maximum absolute atomic E-state index is 4.90. The molecule has 182 valence electrons. The Hall–Kier alpha value is -2.95. The zero-order valence-electron chi connectivity index (χ0n) is 22.4. The zero-order chi connectivity index (χ0) is 25.0. The molecule has 0 aliphatic heterocycles. The van der Waals surface area contributed by atoms with E-state index in [4.69, 9.17) is 4.98 Å². The number of hydrogen-bond acceptors (Lipinski definition) is 5. The van der Waals surface area contributed by atoms with Crippen LogP contribution in [0.5, 0.6) is 0 Å². The van der Waals surface area contributed by atoms with Crippen molar-refractivity contribution in [2.75, 3.05) is 9.80 Å².